The zero-order valence-electron chi connectivity index (χ0n) is 9.22. The second kappa shape index (κ2) is 4.08. The van der Waals surface area contributed by atoms with Gasteiger partial charge in [-0.3, -0.25) is 0 Å². The van der Waals surface area contributed by atoms with Gasteiger partial charge in [-0.05, 0) is 31.0 Å². The lowest BCUT2D eigenvalue weighted by molar-refractivity contribution is 0.0856. The Kier molecular flexibility index (Phi) is 2.79. The summed E-state index contributed by atoms with van der Waals surface area (Å²) in [6.07, 6.45) is 0. The van der Waals surface area contributed by atoms with Crippen molar-refractivity contribution in [3.05, 3.63) is 22.8 Å². The number of benzene rings is 1. The van der Waals surface area contributed by atoms with Crippen LogP contribution in [0.2, 0.25) is 0 Å². The molecule has 1 aliphatic heterocycles. The van der Waals surface area contributed by atoms with Crippen LogP contribution < -0.4 is 15.0 Å². The molecule has 15 heavy (non-hydrogen) atoms. The summed E-state index contributed by atoms with van der Waals surface area (Å²) in [4.78, 5) is 4.85. The van der Waals surface area contributed by atoms with E-state index >= 15 is 0 Å². The fraction of sp³-hybridized carbons (Fsp3) is 0.455. The van der Waals surface area contributed by atoms with E-state index in [1.165, 1.54) is 11.1 Å². The Hall–Kier alpha value is -1.26. The molecule has 1 aromatic rings. The number of hydrogen-bond donors (Lipinski definition) is 1. The first kappa shape index (κ1) is 10.3. The third kappa shape index (κ3) is 1.78. The van der Waals surface area contributed by atoms with Gasteiger partial charge in [0.1, 0.15) is 0 Å². The Morgan fingerprint density at radius 2 is 2.20 bits per heavy atom. The zero-order valence-corrected chi connectivity index (χ0v) is 9.22. The molecule has 0 fully saturated rings. The van der Waals surface area contributed by atoms with Crippen LogP contribution in [0, 0.1) is 13.8 Å². The SMILES string of the molecule is CONCc1c(C)c(C)cc2c1OCO2. The van der Waals surface area contributed by atoms with E-state index in [9.17, 15) is 0 Å². The summed E-state index contributed by atoms with van der Waals surface area (Å²) in [5, 5.41) is 0. The van der Waals surface area contributed by atoms with Crippen molar-refractivity contribution in [1.29, 1.82) is 0 Å². The highest BCUT2D eigenvalue weighted by molar-refractivity contribution is 5.54. The van der Waals surface area contributed by atoms with E-state index in [0.29, 0.717) is 13.3 Å². The molecule has 0 saturated carbocycles. The highest BCUT2D eigenvalue weighted by Gasteiger charge is 2.20. The molecule has 4 nitrogen and oxygen atoms in total. The van der Waals surface area contributed by atoms with Gasteiger partial charge in [0.15, 0.2) is 11.5 Å². The average Bonchev–Trinajstić information content (AvgIpc) is 2.66. The topological polar surface area (TPSA) is 39.7 Å². The first-order chi connectivity index (χ1) is 7.24. The molecule has 0 saturated heterocycles. The van der Waals surface area contributed by atoms with Crippen molar-refractivity contribution in [3.8, 4) is 11.5 Å². The van der Waals surface area contributed by atoms with Crippen LogP contribution >= 0.6 is 0 Å². The molecular weight excluding hydrogens is 194 g/mol. The van der Waals surface area contributed by atoms with E-state index in [2.05, 4.69) is 19.3 Å². The predicted octanol–water partition coefficient (Wildman–Crippen LogP) is 1.68. The molecule has 4 heteroatoms. The van der Waals surface area contributed by atoms with Crippen molar-refractivity contribution >= 4 is 0 Å². The monoisotopic (exact) mass is 209 g/mol. The molecular formula is C11H15NO3. The highest BCUT2D eigenvalue weighted by atomic mass is 16.7. The summed E-state index contributed by atoms with van der Waals surface area (Å²) < 4.78 is 10.8. The van der Waals surface area contributed by atoms with Gasteiger partial charge in [-0.25, -0.2) is 0 Å². The molecule has 0 unspecified atom stereocenters. The molecule has 2 rings (SSSR count). The number of aryl methyl sites for hydroxylation is 1. The first-order valence-corrected chi connectivity index (χ1v) is 4.88. The molecule has 1 N–H and O–H groups in total. The smallest absolute Gasteiger partial charge is 0.231 e. The summed E-state index contributed by atoms with van der Waals surface area (Å²) in [7, 11) is 1.60. The summed E-state index contributed by atoms with van der Waals surface area (Å²) in [6, 6.07) is 2.01. The number of rotatable bonds is 3. The predicted molar refractivity (Wildman–Crippen MR) is 55.9 cm³/mol. The third-order valence-electron chi connectivity index (χ3n) is 2.70. The van der Waals surface area contributed by atoms with Gasteiger partial charge in [-0.15, -0.1) is 0 Å². The van der Waals surface area contributed by atoms with Crippen LogP contribution in [0.4, 0.5) is 0 Å². The molecule has 0 aromatic heterocycles. The fourth-order valence-electron chi connectivity index (χ4n) is 1.70. The summed E-state index contributed by atoms with van der Waals surface area (Å²) >= 11 is 0. The summed E-state index contributed by atoms with van der Waals surface area (Å²) in [5.41, 5.74) is 6.34. The molecule has 0 amide bonds. The molecule has 82 valence electrons. The largest absolute Gasteiger partial charge is 0.454 e. The third-order valence-corrected chi connectivity index (χ3v) is 2.70. The van der Waals surface area contributed by atoms with E-state index in [4.69, 9.17) is 14.3 Å². The normalized spacial score (nSPS) is 13.3. The van der Waals surface area contributed by atoms with Crippen molar-refractivity contribution in [3.63, 3.8) is 0 Å². The van der Waals surface area contributed by atoms with E-state index in [1.54, 1.807) is 7.11 Å². The Bertz CT molecular complexity index is 377. The van der Waals surface area contributed by atoms with Crippen molar-refractivity contribution in [1.82, 2.24) is 5.48 Å². The molecule has 0 atom stereocenters. The van der Waals surface area contributed by atoms with Crippen molar-refractivity contribution in [2.75, 3.05) is 13.9 Å². The van der Waals surface area contributed by atoms with Crippen LogP contribution in [0.15, 0.2) is 6.07 Å². The van der Waals surface area contributed by atoms with Crippen LogP contribution in [0.25, 0.3) is 0 Å². The number of hydrogen-bond acceptors (Lipinski definition) is 4. The number of ether oxygens (including phenoxy) is 2. The van der Waals surface area contributed by atoms with Gasteiger partial charge in [0.25, 0.3) is 0 Å². The Labute approximate surface area is 89.1 Å². The second-order valence-electron chi connectivity index (χ2n) is 3.56. The van der Waals surface area contributed by atoms with Crippen molar-refractivity contribution in [2.45, 2.75) is 20.4 Å². The van der Waals surface area contributed by atoms with Gasteiger partial charge in [-0.2, -0.15) is 5.48 Å². The quantitative estimate of drug-likeness (QED) is 0.769. The Morgan fingerprint density at radius 3 is 2.93 bits per heavy atom. The molecule has 1 heterocycles. The van der Waals surface area contributed by atoms with Crippen LogP contribution in [-0.4, -0.2) is 13.9 Å². The number of nitrogens with one attached hydrogen (secondary N) is 1. The molecule has 0 aliphatic carbocycles. The maximum Gasteiger partial charge on any atom is 0.231 e. The van der Waals surface area contributed by atoms with Crippen LogP contribution in [-0.2, 0) is 11.4 Å². The lowest BCUT2D eigenvalue weighted by Crippen LogP contribution is -2.12. The molecule has 0 bridgehead atoms. The molecule has 0 radical (unpaired) electrons. The van der Waals surface area contributed by atoms with Gasteiger partial charge in [0, 0.05) is 5.56 Å². The molecule has 1 aliphatic rings. The molecule has 0 spiro atoms. The van der Waals surface area contributed by atoms with Gasteiger partial charge in [-0.1, -0.05) is 0 Å². The number of fused-ring (bicyclic) bond motifs is 1. The summed E-state index contributed by atoms with van der Waals surface area (Å²) in [6.45, 7) is 5.06. The minimum atomic E-state index is 0.304. The zero-order chi connectivity index (χ0) is 10.8. The van der Waals surface area contributed by atoms with E-state index in [0.717, 1.165) is 17.1 Å². The fourth-order valence-corrected chi connectivity index (χ4v) is 1.70. The standard InChI is InChI=1S/C11H15NO3/c1-7-4-10-11(15-6-14-10)9(8(7)2)5-12-13-3/h4,12H,5-6H2,1-3H3. The van der Waals surface area contributed by atoms with E-state index < -0.39 is 0 Å². The van der Waals surface area contributed by atoms with E-state index in [1.807, 2.05) is 6.07 Å². The van der Waals surface area contributed by atoms with Crippen LogP contribution in [0.1, 0.15) is 16.7 Å². The number of hydroxylamine groups is 1. The van der Waals surface area contributed by atoms with E-state index in [-0.39, 0.29) is 0 Å². The minimum Gasteiger partial charge on any atom is -0.454 e. The Balaban J connectivity index is 2.41. The first-order valence-electron chi connectivity index (χ1n) is 4.88. The van der Waals surface area contributed by atoms with Crippen LogP contribution in [0.5, 0.6) is 11.5 Å². The average molecular weight is 209 g/mol. The maximum atomic E-state index is 5.44. The molecule has 1 aromatic carbocycles. The lowest BCUT2D eigenvalue weighted by Gasteiger charge is -2.12. The van der Waals surface area contributed by atoms with Crippen molar-refractivity contribution in [2.24, 2.45) is 0 Å². The minimum absolute atomic E-state index is 0.304. The lowest BCUT2D eigenvalue weighted by atomic mass is 10.0. The van der Waals surface area contributed by atoms with Gasteiger partial charge >= 0.3 is 0 Å². The maximum absolute atomic E-state index is 5.44. The van der Waals surface area contributed by atoms with Gasteiger partial charge in [0.05, 0.1) is 13.7 Å². The van der Waals surface area contributed by atoms with Gasteiger partial charge < -0.3 is 14.3 Å². The van der Waals surface area contributed by atoms with Gasteiger partial charge in [0.2, 0.25) is 6.79 Å². The highest BCUT2D eigenvalue weighted by Crippen LogP contribution is 2.39. The Morgan fingerprint density at radius 1 is 1.40 bits per heavy atom. The second-order valence-corrected chi connectivity index (χ2v) is 3.56. The summed E-state index contributed by atoms with van der Waals surface area (Å²) in [5.74, 6) is 1.66. The van der Waals surface area contributed by atoms with Crippen LogP contribution in [0.3, 0.4) is 0 Å². The van der Waals surface area contributed by atoms with Crippen molar-refractivity contribution < 1.29 is 14.3 Å².